The van der Waals surface area contributed by atoms with Crippen molar-refractivity contribution in [1.29, 1.82) is 0 Å². The molecule has 0 atom stereocenters. The van der Waals surface area contributed by atoms with Gasteiger partial charge in [-0.2, -0.15) is 5.10 Å². The van der Waals surface area contributed by atoms with Crippen molar-refractivity contribution in [3.05, 3.63) is 58.6 Å². The summed E-state index contributed by atoms with van der Waals surface area (Å²) >= 11 is 3.33. The van der Waals surface area contributed by atoms with Crippen LogP contribution in [-0.2, 0) is 4.79 Å². The van der Waals surface area contributed by atoms with E-state index in [0.717, 1.165) is 10.0 Å². The molecule has 0 aliphatic carbocycles. The van der Waals surface area contributed by atoms with Gasteiger partial charge in [-0.3, -0.25) is 4.79 Å². The van der Waals surface area contributed by atoms with Crippen LogP contribution in [0.2, 0.25) is 0 Å². The van der Waals surface area contributed by atoms with Crippen LogP contribution in [0.4, 0.5) is 5.69 Å². The molecule has 2 aromatic carbocycles. The molecule has 0 aliphatic rings. The summed E-state index contributed by atoms with van der Waals surface area (Å²) in [7, 11) is 0. The summed E-state index contributed by atoms with van der Waals surface area (Å²) in [6, 6.07) is 14.5. The lowest BCUT2D eigenvalue weighted by molar-refractivity contribution is -0.123. The Hall–Kier alpha value is -2.34. The second kappa shape index (κ2) is 7.61. The average Bonchev–Trinajstić information content (AvgIpc) is 2.52. The van der Waals surface area contributed by atoms with Gasteiger partial charge in [0.2, 0.25) is 0 Å². The molecule has 2 aromatic rings. The monoisotopic (exact) mass is 361 g/mol. The van der Waals surface area contributed by atoms with Crippen LogP contribution < -0.4 is 15.9 Å². The van der Waals surface area contributed by atoms with Crippen LogP contribution in [0.1, 0.15) is 12.5 Å². The Bertz CT molecular complexity index is 667. The van der Waals surface area contributed by atoms with Gasteiger partial charge in [-0.25, -0.2) is 5.43 Å². The second-order valence-corrected chi connectivity index (χ2v) is 5.51. The van der Waals surface area contributed by atoms with Crippen LogP contribution in [0.5, 0.6) is 5.75 Å². The lowest BCUT2D eigenvalue weighted by atomic mass is 10.1. The zero-order valence-electron chi connectivity index (χ0n) is 12.0. The highest BCUT2D eigenvalue weighted by Crippen LogP contribution is 2.15. The van der Waals surface area contributed by atoms with Crippen molar-refractivity contribution < 1.29 is 9.53 Å². The van der Waals surface area contributed by atoms with E-state index in [0.29, 0.717) is 17.1 Å². The number of nitrogens with two attached hydrogens (primary N) is 1. The molecule has 5 nitrogen and oxygen atoms in total. The zero-order valence-corrected chi connectivity index (χ0v) is 13.6. The van der Waals surface area contributed by atoms with Crippen molar-refractivity contribution >= 4 is 33.2 Å². The number of hydrogen-bond donors (Lipinski definition) is 2. The van der Waals surface area contributed by atoms with Gasteiger partial charge in [0.1, 0.15) is 5.75 Å². The van der Waals surface area contributed by atoms with E-state index in [1.165, 1.54) is 0 Å². The zero-order chi connectivity index (χ0) is 15.9. The summed E-state index contributed by atoms with van der Waals surface area (Å²) in [5, 5.41) is 4.04. The van der Waals surface area contributed by atoms with Crippen LogP contribution in [0.25, 0.3) is 0 Å². The van der Waals surface area contributed by atoms with Gasteiger partial charge in [0.25, 0.3) is 5.91 Å². The van der Waals surface area contributed by atoms with E-state index in [2.05, 4.69) is 26.5 Å². The smallest absolute Gasteiger partial charge is 0.277 e. The van der Waals surface area contributed by atoms with E-state index in [1.807, 2.05) is 24.3 Å². The Morgan fingerprint density at radius 3 is 2.45 bits per heavy atom. The van der Waals surface area contributed by atoms with Gasteiger partial charge in [-0.15, -0.1) is 0 Å². The summed E-state index contributed by atoms with van der Waals surface area (Å²) in [4.78, 5) is 11.7. The number of carbonyl (C=O) groups excluding carboxylic acids is 1. The van der Waals surface area contributed by atoms with Crippen molar-refractivity contribution in [1.82, 2.24) is 5.43 Å². The van der Waals surface area contributed by atoms with E-state index in [4.69, 9.17) is 10.5 Å². The van der Waals surface area contributed by atoms with Crippen LogP contribution in [0.3, 0.4) is 0 Å². The van der Waals surface area contributed by atoms with Crippen molar-refractivity contribution in [2.75, 3.05) is 12.3 Å². The Morgan fingerprint density at radius 1 is 1.18 bits per heavy atom. The number of nitrogens with zero attached hydrogens (tertiary/aromatic N) is 1. The van der Waals surface area contributed by atoms with Gasteiger partial charge in [-0.1, -0.05) is 28.1 Å². The molecule has 114 valence electrons. The summed E-state index contributed by atoms with van der Waals surface area (Å²) in [6.45, 7) is 1.71. The van der Waals surface area contributed by atoms with Crippen LogP contribution >= 0.6 is 15.9 Å². The first-order chi connectivity index (χ1) is 10.5. The molecular weight excluding hydrogens is 346 g/mol. The van der Waals surface area contributed by atoms with E-state index < -0.39 is 0 Å². The third-order valence-electron chi connectivity index (χ3n) is 2.86. The number of nitrogen functional groups attached to an aromatic ring is 1. The van der Waals surface area contributed by atoms with Crippen molar-refractivity contribution in [3.63, 3.8) is 0 Å². The predicted octanol–water partition coefficient (Wildman–Crippen LogP) is 2.95. The lowest BCUT2D eigenvalue weighted by Crippen LogP contribution is -2.25. The Kier molecular flexibility index (Phi) is 5.55. The minimum atomic E-state index is -0.322. The highest BCUT2D eigenvalue weighted by atomic mass is 79.9. The number of halogens is 1. The minimum Gasteiger partial charge on any atom is -0.484 e. The average molecular weight is 362 g/mol. The summed E-state index contributed by atoms with van der Waals surface area (Å²) in [6.07, 6.45) is 0. The summed E-state index contributed by atoms with van der Waals surface area (Å²) in [5.41, 5.74) is 10.4. The summed E-state index contributed by atoms with van der Waals surface area (Å²) < 4.78 is 6.31. The molecule has 2 rings (SSSR count). The Morgan fingerprint density at radius 2 is 1.82 bits per heavy atom. The molecule has 6 heteroatoms. The maximum absolute atomic E-state index is 11.7. The quantitative estimate of drug-likeness (QED) is 0.488. The Balaban J connectivity index is 1.85. The molecule has 0 unspecified atom stereocenters. The molecule has 0 saturated heterocycles. The standard InChI is InChI=1S/C16H16BrN3O2/c1-11(12-2-6-14(18)7-3-12)19-20-16(21)10-22-15-8-4-13(17)5-9-15/h2-9H,10,18H2,1H3,(H,20,21). The fourth-order valence-electron chi connectivity index (χ4n) is 1.65. The summed E-state index contributed by atoms with van der Waals surface area (Å²) in [5.74, 6) is 0.301. The highest BCUT2D eigenvalue weighted by Gasteiger charge is 2.03. The first kappa shape index (κ1) is 16.0. The first-order valence-electron chi connectivity index (χ1n) is 6.62. The SMILES string of the molecule is CC(=NNC(=O)COc1ccc(Br)cc1)c1ccc(N)cc1. The normalized spacial score (nSPS) is 11.1. The fourth-order valence-corrected chi connectivity index (χ4v) is 1.91. The van der Waals surface area contributed by atoms with Gasteiger partial charge in [0.15, 0.2) is 6.61 Å². The number of benzene rings is 2. The molecular formula is C16H16BrN3O2. The van der Waals surface area contributed by atoms with Crippen molar-refractivity contribution in [2.45, 2.75) is 6.92 Å². The maximum Gasteiger partial charge on any atom is 0.277 e. The third kappa shape index (κ3) is 4.89. The van der Waals surface area contributed by atoms with Crippen LogP contribution in [0, 0.1) is 0 Å². The topological polar surface area (TPSA) is 76.7 Å². The highest BCUT2D eigenvalue weighted by molar-refractivity contribution is 9.10. The van der Waals surface area contributed by atoms with Crippen molar-refractivity contribution in [3.8, 4) is 5.75 Å². The van der Waals surface area contributed by atoms with E-state index >= 15 is 0 Å². The van der Waals surface area contributed by atoms with E-state index in [-0.39, 0.29) is 12.5 Å². The number of ether oxygens (including phenoxy) is 1. The van der Waals surface area contributed by atoms with E-state index in [1.54, 1.807) is 31.2 Å². The number of nitrogens with one attached hydrogen (secondary N) is 1. The predicted molar refractivity (Wildman–Crippen MR) is 90.8 cm³/mol. The molecule has 0 bridgehead atoms. The van der Waals surface area contributed by atoms with Gasteiger partial charge in [0, 0.05) is 10.2 Å². The lowest BCUT2D eigenvalue weighted by Gasteiger charge is -2.06. The second-order valence-electron chi connectivity index (χ2n) is 4.60. The van der Waals surface area contributed by atoms with E-state index in [9.17, 15) is 4.79 Å². The largest absolute Gasteiger partial charge is 0.484 e. The number of amides is 1. The molecule has 0 spiro atoms. The van der Waals surface area contributed by atoms with Crippen LogP contribution in [0.15, 0.2) is 58.1 Å². The fraction of sp³-hybridized carbons (Fsp3) is 0.125. The number of carbonyl (C=O) groups is 1. The third-order valence-corrected chi connectivity index (χ3v) is 3.39. The molecule has 22 heavy (non-hydrogen) atoms. The van der Waals surface area contributed by atoms with Gasteiger partial charge < -0.3 is 10.5 Å². The van der Waals surface area contributed by atoms with Crippen molar-refractivity contribution in [2.24, 2.45) is 5.10 Å². The molecule has 3 N–H and O–H groups in total. The van der Waals surface area contributed by atoms with Gasteiger partial charge in [-0.05, 0) is 48.9 Å². The molecule has 0 aromatic heterocycles. The van der Waals surface area contributed by atoms with Crippen LogP contribution in [-0.4, -0.2) is 18.2 Å². The molecule has 0 saturated carbocycles. The van der Waals surface area contributed by atoms with Gasteiger partial charge in [0.05, 0.1) is 5.71 Å². The first-order valence-corrected chi connectivity index (χ1v) is 7.41. The number of hydrogen-bond acceptors (Lipinski definition) is 4. The number of rotatable bonds is 5. The maximum atomic E-state index is 11.7. The number of anilines is 1. The number of hydrazone groups is 1. The molecule has 0 heterocycles. The molecule has 0 fully saturated rings. The molecule has 1 amide bonds. The Labute approximate surface area is 137 Å². The van der Waals surface area contributed by atoms with Gasteiger partial charge >= 0.3 is 0 Å². The molecule has 0 radical (unpaired) electrons. The molecule has 0 aliphatic heterocycles. The minimum absolute atomic E-state index is 0.0971.